The minimum absolute atomic E-state index is 0.181. The van der Waals surface area contributed by atoms with Crippen molar-refractivity contribution in [2.24, 2.45) is 17.3 Å². The molecule has 0 aromatic rings. The Hall–Kier alpha value is 0.560. The van der Waals surface area contributed by atoms with Gasteiger partial charge < -0.3 is 0 Å². The number of amides is 1. The van der Waals surface area contributed by atoms with Crippen LogP contribution >= 0.6 is 18.6 Å². The Bertz CT molecular complexity index is 460. The van der Waals surface area contributed by atoms with E-state index < -0.39 is 0 Å². The van der Waals surface area contributed by atoms with E-state index in [0.29, 0.717) is 17.1 Å². The van der Waals surface area contributed by atoms with Gasteiger partial charge in [0.2, 0.25) is 0 Å². The molecule has 0 N–H and O–H groups in total. The van der Waals surface area contributed by atoms with Gasteiger partial charge in [0, 0.05) is 0 Å². The van der Waals surface area contributed by atoms with Crippen LogP contribution in [0.4, 0.5) is 0 Å². The van der Waals surface area contributed by atoms with E-state index in [-0.39, 0.29) is 29.3 Å². The molecule has 0 aromatic carbocycles. The average molecular weight is 559 g/mol. The molecule has 0 radical (unpaired) electrons. The van der Waals surface area contributed by atoms with Gasteiger partial charge in [-0.15, -0.1) is 0 Å². The fraction of sp³-hybridized carbons (Fsp3) is 0.889. The van der Waals surface area contributed by atoms with Crippen LogP contribution in [0.2, 0.25) is 0 Å². The maximum absolute atomic E-state index is 12.8. The molecule has 6 heteroatoms. The number of piperidine rings is 2. The van der Waals surface area contributed by atoms with Crippen molar-refractivity contribution in [1.29, 1.82) is 0 Å². The number of hydrogen-bond acceptors (Lipinski definition) is 3. The maximum atomic E-state index is 12.8. The SMILES string of the molecule is CC(=O)C1CCC(C(=O)N2CCC3(CCN([I-]I)CC3)CC2)CC1. The number of rotatable bonds is 3. The van der Waals surface area contributed by atoms with Gasteiger partial charge in [-0.2, -0.15) is 0 Å². The van der Waals surface area contributed by atoms with Gasteiger partial charge in [-0.1, -0.05) is 0 Å². The van der Waals surface area contributed by atoms with Crippen LogP contribution in [0, 0.1) is 17.3 Å². The Morgan fingerprint density at radius 3 is 1.92 bits per heavy atom. The summed E-state index contributed by atoms with van der Waals surface area (Å²) in [5.41, 5.74) is 0.523. The molecule has 0 bridgehead atoms. The molecule has 138 valence electrons. The van der Waals surface area contributed by atoms with Gasteiger partial charge in [0.05, 0.1) is 0 Å². The molecule has 4 nitrogen and oxygen atoms in total. The van der Waals surface area contributed by atoms with E-state index in [9.17, 15) is 9.59 Å². The number of Topliss-reactive ketones (excluding diaryl/α,β-unsaturated/α-hetero) is 1. The number of carbonyl (C=O) groups excluding carboxylic acids is 2. The van der Waals surface area contributed by atoms with Gasteiger partial charge in [-0.25, -0.2) is 0 Å². The number of ketones is 1. The standard InChI is InChI=1S/C18H29I2N2O2/c1-14(23)15-2-4-16(5-3-15)17(24)21-10-6-18(7-11-21)8-12-22(20-19)13-9-18/h15-16H,2-13H2,1H3/q-1. The Kier molecular flexibility index (Phi) is 6.84. The normalized spacial score (nSPS) is 31.3. The summed E-state index contributed by atoms with van der Waals surface area (Å²) in [6.45, 7) is 6.18. The molecule has 1 amide bonds. The molecule has 3 rings (SSSR count). The summed E-state index contributed by atoms with van der Waals surface area (Å²) < 4.78 is 2.65. The first-order chi connectivity index (χ1) is 11.5. The molecule has 3 aliphatic rings. The molecule has 0 atom stereocenters. The van der Waals surface area contributed by atoms with Gasteiger partial charge in [0.15, 0.2) is 0 Å². The monoisotopic (exact) mass is 559 g/mol. The van der Waals surface area contributed by atoms with Crippen LogP contribution in [-0.2, 0) is 9.59 Å². The van der Waals surface area contributed by atoms with E-state index in [1.165, 1.54) is 38.8 Å². The molecule has 1 saturated carbocycles. The first kappa shape index (κ1) is 19.3. The molecule has 2 aliphatic heterocycles. The third kappa shape index (κ3) is 4.45. The number of likely N-dealkylation sites (tertiary alicyclic amines) is 1. The Morgan fingerprint density at radius 1 is 0.917 bits per heavy atom. The van der Waals surface area contributed by atoms with E-state index in [0.717, 1.165) is 38.8 Å². The van der Waals surface area contributed by atoms with Crippen LogP contribution in [0.25, 0.3) is 0 Å². The van der Waals surface area contributed by atoms with Crippen molar-refractivity contribution in [3.05, 3.63) is 0 Å². The van der Waals surface area contributed by atoms with Crippen LogP contribution in [0.1, 0.15) is 58.3 Å². The van der Waals surface area contributed by atoms with Crippen molar-refractivity contribution in [2.75, 3.05) is 26.2 Å². The summed E-state index contributed by atoms with van der Waals surface area (Å²) >= 11 is 2.79. The van der Waals surface area contributed by atoms with Crippen LogP contribution in [0.3, 0.4) is 0 Å². The quantitative estimate of drug-likeness (QED) is 0.373. The second-order valence-electron chi connectivity index (χ2n) is 7.96. The molecular weight excluding hydrogens is 530 g/mol. The first-order valence-corrected chi connectivity index (χ1v) is 16.6. The number of nitrogens with zero attached hydrogens (tertiary/aromatic N) is 2. The van der Waals surface area contributed by atoms with Crippen molar-refractivity contribution in [2.45, 2.75) is 58.3 Å². The second-order valence-corrected chi connectivity index (χ2v) is 12.1. The number of halogens is 2. The zero-order chi connectivity index (χ0) is 17.2. The minimum atomic E-state index is 0.181. The molecule has 24 heavy (non-hydrogen) atoms. The summed E-state index contributed by atoms with van der Waals surface area (Å²) in [6, 6.07) is 0. The molecule has 0 aromatic heterocycles. The summed E-state index contributed by atoms with van der Waals surface area (Å²) in [4.78, 5) is 26.5. The van der Waals surface area contributed by atoms with E-state index in [1.807, 2.05) is 0 Å². The van der Waals surface area contributed by atoms with Crippen molar-refractivity contribution < 1.29 is 27.1 Å². The van der Waals surface area contributed by atoms with Crippen molar-refractivity contribution in [1.82, 2.24) is 8.01 Å². The van der Waals surface area contributed by atoms with Crippen LogP contribution in [0.5, 0.6) is 0 Å². The van der Waals surface area contributed by atoms with E-state index in [2.05, 4.69) is 26.6 Å². The summed E-state index contributed by atoms with van der Waals surface area (Å²) in [5, 5.41) is 0. The number of carbonyl (C=O) groups is 2. The van der Waals surface area contributed by atoms with Crippen LogP contribution < -0.4 is 17.5 Å². The third-order valence-electron chi connectivity index (χ3n) is 6.65. The van der Waals surface area contributed by atoms with Gasteiger partial charge in [-0.3, -0.25) is 4.79 Å². The first-order valence-electron chi connectivity index (χ1n) is 9.33. The number of hydrogen-bond donors (Lipinski definition) is 0. The van der Waals surface area contributed by atoms with Crippen molar-refractivity contribution >= 4 is 30.3 Å². The molecule has 2 saturated heterocycles. The molecule has 1 spiro atoms. The van der Waals surface area contributed by atoms with Crippen molar-refractivity contribution in [3.63, 3.8) is 0 Å². The van der Waals surface area contributed by atoms with Gasteiger partial charge in [-0.05, 0) is 6.92 Å². The molecule has 2 heterocycles. The zero-order valence-electron chi connectivity index (χ0n) is 14.6. The van der Waals surface area contributed by atoms with E-state index in [1.54, 1.807) is 6.92 Å². The van der Waals surface area contributed by atoms with Gasteiger partial charge in [0.1, 0.15) is 5.78 Å². The zero-order valence-corrected chi connectivity index (χ0v) is 18.9. The summed E-state index contributed by atoms with van der Waals surface area (Å²) in [5.74, 6) is 1.08. The van der Waals surface area contributed by atoms with Crippen LogP contribution in [-0.4, -0.2) is 45.9 Å². The fourth-order valence-electron chi connectivity index (χ4n) is 4.72. The fourth-order valence-corrected chi connectivity index (χ4v) is 8.02. The predicted octanol–water partition coefficient (Wildman–Crippen LogP) is 0.440. The topological polar surface area (TPSA) is 40.6 Å². The average Bonchev–Trinajstić information content (AvgIpc) is 2.62. The van der Waals surface area contributed by atoms with Gasteiger partial charge >= 0.3 is 150 Å². The Morgan fingerprint density at radius 2 is 1.42 bits per heavy atom. The Labute approximate surface area is 166 Å². The van der Waals surface area contributed by atoms with E-state index >= 15 is 0 Å². The molecule has 3 fully saturated rings. The van der Waals surface area contributed by atoms with E-state index in [4.69, 9.17) is 0 Å². The molecular formula is C18H29I2N2O2-. The Balaban J connectivity index is 1.47. The molecule has 1 aliphatic carbocycles. The van der Waals surface area contributed by atoms with Gasteiger partial charge in [0.25, 0.3) is 0 Å². The van der Waals surface area contributed by atoms with Crippen molar-refractivity contribution in [3.8, 4) is 0 Å². The molecule has 0 unspecified atom stereocenters. The third-order valence-corrected chi connectivity index (χ3v) is 11.6. The second kappa shape index (κ2) is 8.50. The predicted molar refractivity (Wildman–Crippen MR) is 99.2 cm³/mol. The van der Waals surface area contributed by atoms with Crippen LogP contribution in [0.15, 0.2) is 0 Å². The summed E-state index contributed by atoms with van der Waals surface area (Å²) in [7, 11) is 0. The summed E-state index contributed by atoms with van der Waals surface area (Å²) in [6.07, 6.45) is 8.74.